The number of nitrogens with zero attached hydrogens (tertiary/aromatic N) is 4. The minimum Gasteiger partial charge on any atom is -0.366 e. The Bertz CT molecular complexity index is 639. The van der Waals surface area contributed by atoms with E-state index in [9.17, 15) is 0 Å². The van der Waals surface area contributed by atoms with Crippen molar-refractivity contribution in [1.82, 2.24) is 14.9 Å². The first-order valence-corrected chi connectivity index (χ1v) is 7.59. The van der Waals surface area contributed by atoms with E-state index in [2.05, 4.69) is 26.8 Å². The third kappa shape index (κ3) is 3.12. The molecule has 0 amide bonds. The van der Waals surface area contributed by atoms with Gasteiger partial charge >= 0.3 is 0 Å². The van der Waals surface area contributed by atoms with Gasteiger partial charge in [-0.15, -0.1) is 0 Å². The molecule has 1 aromatic carbocycles. The first-order valence-electron chi connectivity index (χ1n) is 6.84. The molecule has 0 aliphatic carbocycles. The first-order chi connectivity index (χ1) is 10.1. The van der Waals surface area contributed by atoms with Crippen molar-refractivity contribution in [1.29, 1.82) is 0 Å². The second-order valence-electron chi connectivity index (χ2n) is 5.17. The van der Waals surface area contributed by atoms with Crippen LogP contribution in [0.1, 0.15) is 0 Å². The topological polar surface area (TPSA) is 32.3 Å². The maximum absolute atomic E-state index is 6.33. The Morgan fingerprint density at radius 2 is 1.86 bits per heavy atom. The van der Waals surface area contributed by atoms with Gasteiger partial charge in [0, 0.05) is 36.8 Å². The van der Waals surface area contributed by atoms with Gasteiger partial charge in [0.15, 0.2) is 0 Å². The molecule has 1 aromatic heterocycles. The molecule has 1 aliphatic heterocycles. The lowest BCUT2D eigenvalue weighted by molar-refractivity contribution is 0.313. The van der Waals surface area contributed by atoms with Gasteiger partial charge in [-0.1, -0.05) is 23.2 Å². The zero-order chi connectivity index (χ0) is 14.8. The number of hydrogen-bond donors (Lipinski definition) is 0. The van der Waals surface area contributed by atoms with Crippen LogP contribution in [0.25, 0.3) is 11.3 Å². The van der Waals surface area contributed by atoms with E-state index in [-0.39, 0.29) is 0 Å². The number of likely N-dealkylation sites (N-methyl/N-ethyl adjacent to an activating group) is 1. The van der Waals surface area contributed by atoms with E-state index in [0.717, 1.165) is 43.1 Å². The molecule has 2 aromatic rings. The summed E-state index contributed by atoms with van der Waals surface area (Å²) in [5.41, 5.74) is 2.77. The Balaban J connectivity index is 1.99. The Labute approximate surface area is 134 Å². The van der Waals surface area contributed by atoms with Crippen molar-refractivity contribution in [3.63, 3.8) is 0 Å². The number of hydrogen-bond acceptors (Lipinski definition) is 4. The van der Waals surface area contributed by atoms with E-state index >= 15 is 0 Å². The molecule has 0 atom stereocenters. The third-order valence-corrected chi connectivity index (χ3v) is 4.27. The Hall–Kier alpha value is -1.36. The van der Waals surface area contributed by atoms with Crippen molar-refractivity contribution in [2.24, 2.45) is 0 Å². The molecule has 0 saturated carbocycles. The largest absolute Gasteiger partial charge is 0.366 e. The van der Waals surface area contributed by atoms with Crippen molar-refractivity contribution < 1.29 is 0 Å². The van der Waals surface area contributed by atoms with Crippen LogP contribution in [-0.4, -0.2) is 48.1 Å². The van der Waals surface area contributed by atoms with Crippen molar-refractivity contribution in [2.75, 3.05) is 38.1 Å². The Morgan fingerprint density at radius 1 is 1.10 bits per heavy atom. The normalized spacial score (nSPS) is 16.2. The molecule has 0 unspecified atom stereocenters. The van der Waals surface area contributed by atoms with Crippen LogP contribution in [0.4, 0.5) is 5.69 Å². The van der Waals surface area contributed by atoms with E-state index in [1.807, 2.05) is 18.3 Å². The molecule has 3 rings (SSSR count). The lowest BCUT2D eigenvalue weighted by Crippen LogP contribution is -2.44. The van der Waals surface area contributed by atoms with E-state index < -0.39 is 0 Å². The SMILES string of the molecule is CN1CCN(c2cncnc2-c2ccc(Cl)cc2Cl)CC1. The van der Waals surface area contributed by atoms with Crippen molar-refractivity contribution in [3.8, 4) is 11.3 Å². The minimum atomic E-state index is 0.608. The molecule has 1 fully saturated rings. The zero-order valence-electron chi connectivity index (χ0n) is 11.8. The molecule has 6 heteroatoms. The number of benzene rings is 1. The van der Waals surface area contributed by atoms with Crippen LogP contribution < -0.4 is 4.90 Å². The van der Waals surface area contributed by atoms with Gasteiger partial charge in [0.25, 0.3) is 0 Å². The Morgan fingerprint density at radius 3 is 2.57 bits per heavy atom. The lowest BCUT2D eigenvalue weighted by atomic mass is 10.1. The molecule has 4 nitrogen and oxygen atoms in total. The molecule has 21 heavy (non-hydrogen) atoms. The van der Waals surface area contributed by atoms with Gasteiger partial charge in [0.1, 0.15) is 6.33 Å². The van der Waals surface area contributed by atoms with Crippen LogP contribution in [0.15, 0.2) is 30.7 Å². The van der Waals surface area contributed by atoms with Crippen molar-refractivity contribution in [3.05, 3.63) is 40.8 Å². The van der Waals surface area contributed by atoms with Crippen LogP contribution in [0.3, 0.4) is 0 Å². The third-order valence-electron chi connectivity index (χ3n) is 3.72. The van der Waals surface area contributed by atoms with Crippen LogP contribution in [0, 0.1) is 0 Å². The van der Waals surface area contributed by atoms with Gasteiger partial charge < -0.3 is 9.80 Å². The van der Waals surface area contributed by atoms with Crippen LogP contribution in [0.5, 0.6) is 0 Å². The van der Waals surface area contributed by atoms with Crippen LogP contribution in [0.2, 0.25) is 10.0 Å². The summed E-state index contributed by atoms with van der Waals surface area (Å²) in [6, 6.07) is 5.49. The highest BCUT2D eigenvalue weighted by molar-refractivity contribution is 6.36. The van der Waals surface area contributed by atoms with Gasteiger partial charge in [-0.3, -0.25) is 0 Å². The highest BCUT2D eigenvalue weighted by atomic mass is 35.5. The lowest BCUT2D eigenvalue weighted by Gasteiger charge is -2.34. The maximum Gasteiger partial charge on any atom is 0.116 e. The molecular weight excluding hydrogens is 307 g/mol. The summed E-state index contributed by atoms with van der Waals surface area (Å²) in [6.45, 7) is 3.98. The number of rotatable bonds is 2. The minimum absolute atomic E-state index is 0.608. The summed E-state index contributed by atoms with van der Waals surface area (Å²) in [6.07, 6.45) is 3.42. The summed E-state index contributed by atoms with van der Waals surface area (Å²) in [7, 11) is 2.13. The van der Waals surface area contributed by atoms with Gasteiger partial charge in [-0.25, -0.2) is 9.97 Å². The van der Waals surface area contributed by atoms with E-state index in [1.54, 1.807) is 12.4 Å². The number of aromatic nitrogens is 2. The van der Waals surface area contributed by atoms with E-state index in [4.69, 9.17) is 23.2 Å². The molecule has 0 spiro atoms. The second kappa shape index (κ2) is 6.18. The smallest absolute Gasteiger partial charge is 0.116 e. The van der Waals surface area contributed by atoms with Crippen LogP contribution >= 0.6 is 23.2 Å². The molecular formula is C15H16Cl2N4. The fraction of sp³-hybridized carbons (Fsp3) is 0.333. The van der Waals surface area contributed by atoms with Crippen molar-refractivity contribution in [2.45, 2.75) is 0 Å². The predicted octanol–water partition coefficient (Wildman–Crippen LogP) is 3.20. The van der Waals surface area contributed by atoms with Crippen molar-refractivity contribution >= 4 is 28.9 Å². The van der Waals surface area contributed by atoms with Crippen LogP contribution in [-0.2, 0) is 0 Å². The molecule has 110 valence electrons. The zero-order valence-corrected chi connectivity index (χ0v) is 13.3. The Kier molecular flexibility index (Phi) is 4.29. The predicted molar refractivity (Wildman–Crippen MR) is 87.2 cm³/mol. The average Bonchev–Trinajstić information content (AvgIpc) is 2.48. The molecule has 0 bridgehead atoms. The fourth-order valence-electron chi connectivity index (χ4n) is 2.49. The standard InChI is InChI=1S/C15H16Cl2N4/c1-20-4-6-21(7-5-20)14-9-18-10-19-15(14)12-3-2-11(16)8-13(12)17/h2-3,8-10H,4-7H2,1H3. The molecule has 0 radical (unpaired) electrons. The highest BCUT2D eigenvalue weighted by Crippen LogP contribution is 2.34. The first kappa shape index (κ1) is 14.6. The average molecular weight is 323 g/mol. The summed E-state index contributed by atoms with van der Waals surface area (Å²) >= 11 is 12.3. The molecule has 1 saturated heterocycles. The summed E-state index contributed by atoms with van der Waals surface area (Å²) in [4.78, 5) is 13.2. The van der Waals surface area contributed by atoms with Gasteiger partial charge in [0.05, 0.1) is 22.6 Å². The number of anilines is 1. The number of piperazine rings is 1. The quantitative estimate of drug-likeness (QED) is 0.849. The van der Waals surface area contributed by atoms with Gasteiger partial charge in [-0.2, -0.15) is 0 Å². The number of halogens is 2. The summed E-state index contributed by atoms with van der Waals surface area (Å²) < 4.78 is 0. The summed E-state index contributed by atoms with van der Waals surface area (Å²) in [5.74, 6) is 0. The molecule has 2 heterocycles. The van der Waals surface area contributed by atoms with Gasteiger partial charge in [-0.05, 0) is 25.2 Å². The fourth-order valence-corrected chi connectivity index (χ4v) is 2.99. The maximum atomic E-state index is 6.33. The molecule has 1 aliphatic rings. The van der Waals surface area contributed by atoms with Gasteiger partial charge in [0.2, 0.25) is 0 Å². The van der Waals surface area contributed by atoms with E-state index in [0.29, 0.717) is 10.0 Å². The van der Waals surface area contributed by atoms with E-state index in [1.165, 1.54) is 0 Å². The monoisotopic (exact) mass is 322 g/mol. The highest BCUT2D eigenvalue weighted by Gasteiger charge is 2.19. The summed E-state index contributed by atoms with van der Waals surface area (Å²) in [5, 5.41) is 1.23. The second-order valence-corrected chi connectivity index (χ2v) is 6.01. The molecule has 0 N–H and O–H groups in total.